The molecule has 114 valence electrons. The fraction of sp³-hybridized carbons (Fsp3) is 0.769. The SMILES string of the molecule is CCC(C)(C)CNC(=O)N1CCNC(=O)C1CC(=O)O. The second-order valence-corrected chi connectivity index (χ2v) is 5.77. The molecule has 0 bridgehead atoms. The first kappa shape index (κ1) is 16.3. The van der Waals surface area contributed by atoms with Crippen molar-refractivity contribution < 1.29 is 19.5 Å². The Kier molecular flexibility index (Phi) is 5.35. The van der Waals surface area contributed by atoms with Crippen molar-refractivity contribution in [2.45, 2.75) is 39.7 Å². The minimum atomic E-state index is -1.10. The molecule has 0 aliphatic carbocycles. The van der Waals surface area contributed by atoms with Gasteiger partial charge in [-0.25, -0.2) is 4.79 Å². The lowest BCUT2D eigenvalue weighted by Gasteiger charge is -2.35. The molecule has 1 fully saturated rings. The fourth-order valence-electron chi connectivity index (χ4n) is 1.87. The first-order chi connectivity index (χ1) is 9.26. The number of hydrogen-bond donors (Lipinski definition) is 3. The van der Waals surface area contributed by atoms with Gasteiger partial charge in [-0.15, -0.1) is 0 Å². The maximum absolute atomic E-state index is 12.1. The van der Waals surface area contributed by atoms with E-state index in [2.05, 4.69) is 10.6 Å². The molecule has 0 radical (unpaired) electrons. The first-order valence-corrected chi connectivity index (χ1v) is 6.81. The van der Waals surface area contributed by atoms with E-state index in [-0.39, 0.29) is 17.9 Å². The predicted molar refractivity (Wildman–Crippen MR) is 73.2 cm³/mol. The van der Waals surface area contributed by atoms with Crippen molar-refractivity contribution in [1.29, 1.82) is 0 Å². The molecule has 1 saturated heterocycles. The number of hydrogen-bond acceptors (Lipinski definition) is 3. The van der Waals surface area contributed by atoms with Crippen LogP contribution in [-0.2, 0) is 9.59 Å². The molecule has 1 rings (SSSR count). The number of carboxylic acids is 1. The van der Waals surface area contributed by atoms with E-state index in [4.69, 9.17) is 5.11 Å². The zero-order chi connectivity index (χ0) is 15.3. The van der Waals surface area contributed by atoms with E-state index in [0.29, 0.717) is 19.6 Å². The number of carbonyl (C=O) groups excluding carboxylic acids is 2. The van der Waals surface area contributed by atoms with Gasteiger partial charge in [0.15, 0.2) is 0 Å². The molecule has 3 N–H and O–H groups in total. The largest absolute Gasteiger partial charge is 0.481 e. The summed E-state index contributed by atoms with van der Waals surface area (Å²) in [7, 11) is 0. The normalized spacial score (nSPS) is 19.4. The molecule has 3 amide bonds. The van der Waals surface area contributed by atoms with E-state index in [1.807, 2.05) is 20.8 Å². The number of piperazine rings is 1. The maximum Gasteiger partial charge on any atom is 0.318 e. The molecule has 7 nitrogen and oxygen atoms in total. The Morgan fingerprint density at radius 2 is 2.15 bits per heavy atom. The average molecular weight is 285 g/mol. The van der Waals surface area contributed by atoms with Gasteiger partial charge in [-0.3, -0.25) is 9.59 Å². The summed E-state index contributed by atoms with van der Waals surface area (Å²) in [5, 5.41) is 14.2. The quantitative estimate of drug-likeness (QED) is 0.681. The van der Waals surface area contributed by atoms with Gasteiger partial charge in [-0.05, 0) is 11.8 Å². The molecule has 0 aromatic carbocycles. The zero-order valence-corrected chi connectivity index (χ0v) is 12.2. The lowest BCUT2D eigenvalue weighted by Crippen LogP contribution is -2.60. The third kappa shape index (κ3) is 4.40. The summed E-state index contributed by atoms with van der Waals surface area (Å²) in [5.41, 5.74) is -0.0317. The summed E-state index contributed by atoms with van der Waals surface area (Å²) in [5.74, 6) is -1.51. The van der Waals surface area contributed by atoms with Gasteiger partial charge in [0.1, 0.15) is 6.04 Å². The summed E-state index contributed by atoms with van der Waals surface area (Å²) in [4.78, 5) is 36.0. The van der Waals surface area contributed by atoms with E-state index in [1.165, 1.54) is 4.90 Å². The van der Waals surface area contributed by atoms with Crippen LogP contribution in [0.5, 0.6) is 0 Å². The van der Waals surface area contributed by atoms with E-state index >= 15 is 0 Å². The van der Waals surface area contributed by atoms with E-state index in [1.54, 1.807) is 0 Å². The molecule has 20 heavy (non-hydrogen) atoms. The molecule has 0 spiro atoms. The van der Waals surface area contributed by atoms with Crippen LogP contribution in [0.25, 0.3) is 0 Å². The highest BCUT2D eigenvalue weighted by Crippen LogP contribution is 2.18. The van der Waals surface area contributed by atoms with Gasteiger partial charge >= 0.3 is 12.0 Å². The molecular weight excluding hydrogens is 262 g/mol. The Bertz CT molecular complexity index is 395. The summed E-state index contributed by atoms with van der Waals surface area (Å²) >= 11 is 0. The lowest BCUT2D eigenvalue weighted by molar-refractivity contribution is -0.142. The van der Waals surface area contributed by atoms with Gasteiger partial charge in [-0.1, -0.05) is 20.8 Å². The molecule has 1 aliphatic heterocycles. The third-order valence-electron chi connectivity index (χ3n) is 3.63. The number of amides is 3. The molecule has 1 unspecified atom stereocenters. The monoisotopic (exact) mass is 285 g/mol. The minimum Gasteiger partial charge on any atom is -0.481 e. The van der Waals surface area contributed by atoms with Gasteiger partial charge < -0.3 is 20.6 Å². The molecule has 1 aliphatic rings. The van der Waals surface area contributed by atoms with E-state index in [0.717, 1.165) is 6.42 Å². The van der Waals surface area contributed by atoms with Gasteiger partial charge in [0.2, 0.25) is 5.91 Å². The third-order valence-corrected chi connectivity index (χ3v) is 3.63. The second kappa shape index (κ2) is 6.58. The topological polar surface area (TPSA) is 98.7 Å². The predicted octanol–water partition coefficient (Wildman–Crippen LogP) is 0.407. The van der Waals surface area contributed by atoms with Gasteiger partial charge in [-0.2, -0.15) is 0 Å². The number of carboxylic acid groups (broad SMARTS) is 1. The Hall–Kier alpha value is -1.79. The van der Waals surface area contributed by atoms with Crippen molar-refractivity contribution in [1.82, 2.24) is 15.5 Å². The van der Waals surface area contributed by atoms with Gasteiger partial charge in [0.25, 0.3) is 0 Å². The van der Waals surface area contributed by atoms with Crippen LogP contribution in [0.2, 0.25) is 0 Å². The van der Waals surface area contributed by atoms with E-state index < -0.39 is 17.9 Å². The average Bonchev–Trinajstić information content (AvgIpc) is 2.38. The molecular formula is C13H23N3O4. The number of aliphatic carboxylic acids is 1. The van der Waals surface area contributed by atoms with Crippen molar-refractivity contribution in [3.8, 4) is 0 Å². The van der Waals surface area contributed by atoms with Crippen molar-refractivity contribution in [3.05, 3.63) is 0 Å². The van der Waals surface area contributed by atoms with Gasteiger partial charge in [0, 0.05) is 19.6 Å². The maximum atomic E-state index is 12.1. The number of urea groups is 1. The number of nitrogens with zero attached hydrogens (tertiary/aromatic N) is 1. The Morgan fingerprint density at radius 1 is 1.50 bits per heavy atom. The molecule has 1 atom stereocenters. The van der Waals surface area contributed by atoms with Crippen LogP contribution < -0.4 is 10.6 Å². The van der Waals surface area contributed by atoms with Crippen molar-refractivity contribution in [2.75, 3.05) is 19.6 Å². The minimum absolute atomic E-state index is 0.0317. The van der Waals surface area contributed by atoms with Crippen LogP contribution in [0.1, 0.15) is 33.6 Å². The van der Waals surface area contributed by atoms with Crippen molar-refractivity contribution >= 4 is 17.9 Å². The summed E-state index contributed by atoms with van der Waals surface area (Å²) in [6, 6.07) is -1.32. The molecule has 0 saturated carbocycles. The Labute approximate surface area is 118 Å². The number of rotatable bonds is 5. The first-order valence-electron chi connectivity index (χ1n) is 6.81. The highest BCUT2D eigenvalue weighted by molar-refractivity contribution is 5.91. The summed E-state index contributed by atoms with van der Waals surface area (Å²) in [6.07, 6.45) is 0.531. The van der Waals surface area contributed by atoms with Crippen LogP contribution in [0.3, 0.4) is 0 Å². The molecule has 0 aromatic heterocycles. The van der Waals surface area contributed by atoms with Crippen LogP contribution in [0, 0.1) is 5.41 Å². The molecule has 0 aromatic rings. The van der Waals surface area contributed by atoms with Crippen LogP contribution in [0.4, 0.5) is 4.79 Å². The summed E-state index contributed by atoms with van der Waals surface area (Å²) < 4.78 is 0. The Morgan fingerprint density at radius 3 is 2.70 bits per heavy atom. The fourth-order valence-corrected chi connectivity index (χ4v) is 1.87. The smallest absolute Gasteiger partial charge is 0.318 e. The number of carbonyl (C=O) groups is 3. The van der Waals surface area contributed by atoms with Crippen LogP contribution in [0.15, 0.2) is 0 Å². The zero-order valence-electron chi connectivity index (χ0n) is 12.2. The molecule has 7 heteroatoms. The van der Waals surface area contributed by atoms with Gasteiger partial charge in [0.05, 0.1) is 6.42 Å². The van der Waals surface area contributed by atoms with Crippen LogP contribution >= 0.6 is 0 Å². The molecule has 1 heterocycles. The standard InChI is InChI=1S/C13H23N3O4/c1-4-13(2,3)8-15-12(20)16-6-5-14-11(19)9(16)7-10(17)18/h9H,4-8H2,1-3H3,(H,14,19)(H,15,20)(H,17,18). The van der Waals surface area contributed by atoms with Crippen LogP contribution in [-0.4, -0.2) is 53.6 Å². The number of nitrogens with one attached hydrogen (secondary N) is 2. The van der Waals surface area contributed by atoms with E-state index in [9.17, 15) is 14.4 Å². The lowest BCUT2D eigenvalue weighted by atomic mass is 9.90. The highest BCUT2D eigenvalue weighted by atomic mass is 16.4. The highest BCUT2D eigenvalue weighted by Gasteiger charge is 2.35. The van der Waals surface area contributed by atoms with Crippen molar-refractivity contribution in [2.24, 2.45) is 5.41 Å². The summed E-state index contributed by atoms with van der Waals surface area (Å²) in [6.45, 7) is 7.26. The second-order valence-electron chi connectivity index (χ2n) is 5.77. The van der Waals surface area contributed by atoms with Crippen molar-refractivity contribution in [3.63, 3.8) is 0 Å². The Balaban J connectivity index is 2.67.